The molecule has 94 valence electrons. The number of esters is 1. The van der Waals surface area contributed by atoms with E-state index < -0.39 is 5.54 Å². The van der Waals surface area contributed by atoms with Gasteiger partial charge in [0.05, 0.1) is 7.11 Å². The van der Waals surface area contributed by atoms with Crippen molar-refractivity contribution in [3.8, 4) is 0 Å². The van der Waals surface area contributed by atoms with Crippen LogP contribution >= 0.6 is 0 Å². The summed E-state index contributed by atoms with van der Waals surface area (Å²) < 4.78 is 4.97. The van der Waals surface area contributed by atoms with Crippen molar-refractivity contribution in [3.05, 3.63) is 35.9 Å². The maximum absolute atomic E-state index is 12.1. The van der Waals surface area contributed by atoms with Crippen molar-refractivity contribution in [1.29, 1.82) is 0 Å². The van der Waals surface area contributed by atoms with Crippen molar-refractivity contribution >= 4 is 5.97 Å². The highest BCUT2D eigenvalue weighted by atomic mass is 16.5. The van der Waals surface area contributed by atoms with Gasteiger partial charge in [0.15, 0.2) is 0 Å². The second kappa shape index (κ2) is 5.82. The van der Waals surface area contributed by atoms with E-state index in [9.17, 15) is 4.79 Å². The third-order valence-corrected chi connectivity index (χ3v) is 3.31. The molecule has 0 saturated carbocycles. The van der Waals surface area contributed by atoms with Crippen LogP contribution in [0.25, 0.3) is 0 Å². The summed E-state index contributed by atoms with van der Waals surface area (Å²) in [5, 5.41) is 0. The summed E-state index contributed by atoms with van der Waals surface area (Å²) in [5.41, 5.74) is 0.259. The van der Waals surface area contributed by atoms with Gasteiger partial charge in [0.25, 0.3) is 0 Å². The van der Waals surface area contributed by atoms with Crippen LogP contribution in [0.2, 0.25) is 0 Å². The number of ether oxygens (including phenoxy) is 1. The molecular formula is C14H21NO2. The molecule has 0 fully saturated rings. The van der Waals surface area contributed by atoms with Crippen molar-refractivity contribution in [3.63, 3.8) is 0 Å². The van der Waals surface area contributed by atoms with Crippen molar-refractivity contribution in [2.75, 3.05) is 20.2 Å². The topological polar surface area (TPSA) is 29.5 Å². The normalized spacial score (nSPS) is 14.4. The fourth-order valence-electron chi connectivity index (χ4n) is 2.25. The Hall–Kier alpha value is -1.35. The molecule has 0 N–H and O–H groups in total. The van der Waals surface area contributed by atoms with E-state index in [1.807, 2.05) is 51.1 Å². The van der Waals surface area contributed by atoms with E-state index in [0.717, 1.165) is 18.7 Å². The van der Waals surface area contributed by atoms with Gasteiger partial charge in [0.1, 0.15) is 5.54 Å². The van der Waals surface area contributed by atoms with Crippen LogP contribution in [0.4, 0.5) is 0 Å². The molecule has 1 aromatic rings. The minimum absolute atomic E-state index is 0.215. The number of carbonyl (C=O) groups is 1. The van der Waals surface area contributed by atoms with Gasteiger partial charge in [-0.25, -0.2) is 4.79 Å². The molecule has 0 spiro atoms. The zero-order valence-corrected chi connectivity index (χ0v) is 11.1. The molecule has 1 atom stereocenters. The van der Waals surface area contributed by atoms with Gasteiger partial charge in [0, 0.05) is 0 Å². The molecule has 0 aliphatic rings. The van der Waals surface area contributed by atoms with Crippen LogP contribution in [-0.4, -0.2) is 31.1 Å². The maximum atomic E-state index is 12.1. The molecule has 0 aromatic heterocycles. The molecule has 0 aliphatic carbocycles. The lowest BCUT2D eigenvalue weighted by Crippen LogP contribution is -2.50. The Labute approximate surface area is 103 Å². The first-order valence-electron chi connectivity index (χ1n) is 6.00. The molecule has 1 aromatic carbocycles. The average Bonchev–Trinajstić information content (AvgIpc) is 2.39. The largest absolute Gasteiger partial charge is 0.467 e. The average molecular weight is 235 g/mol. The van der Waals surface area contributed by atoms with Gasteiger partial charge in [-0.05, 0) is 25.6 Å². The zero-order chi connectivity index (χ0) is 12.9. The molecule has 1 unspecified atom stereocenters. The van der Waals surface area contributed by atoms with E-state index in [1.165, 1.54) is 7.11 Å². The SMILES string of the molecule is CCN(CC)C(C)(C(=O)OC)c1ccccc1. The molecule has 0 aliphatic heterocycles. The number of methoxy groups -OCH3 is 1. The van der Waals surface area contributed by atoms with Crippen LogP contribution in [0.5, 0.6) is 0 Å². The van der Waals surface area contributed by atoms with Gasteiger partial charge in [-0.15, -0.1) is 0 Å². The van der Waals surface area contributed by atoms with Crippen LogP contribution in [0.15, 0.2) is 30.3 Å². The molecule has 1 rings (SSSR count). The summed E-state index contributed by atoms with van der Waals surface area (Å²) in [6, 6.07) is 9.77. The number of rotatable bonds is 5. The van der Waals surface area contributed by atoms with E-state index in [-0.39, 0.29) is 5.97 Å². The lowest BCUT2D eigenvalue weighted by Gasteiger charge is -2.38. The van der Waals surface area contributed by atoms with E-state index >= 15 is 0 Å². The quantitative estimate of drug-likeness (QED) is 0.734. The van der Waals surface area contributed by atoms with E-state index in [2.05, 4.69) is 4.90 Å². The Bertz CT molecular complexity index is 360. The standard InChI is InChI=1S/C14H21NO2/c1-5-15(6-2)14(3,13(16)17-4)12-10-8-7-9-11-12/h7-11H,5-6H2,1-4H3. The fraction of sp³-hybridized carbons (Fsp3) is 0.500. The first kappa shape index (κ1) is 13.7. The first-order chi connectivity index (χ1) is 8.11. The highest BCUT2D eigenvalue weighted by molar-refractivity contribution is 5.82. The van der Waals surface area contributed by atoms with Crippen molar-refractivity contribution in [2.24, 2.45) is 0 Å². The Morgan fingerprint density at radius 2 is 1.76 bits per heavy atom. The summed E-state index contributed by atoms with van der Waals surface area (Å²) in [4.78, 5) is 14.2. The van der Waals surface area contributed by atoms with Gasteiger partial charge in [-0.3, -0.25) is 4.90 Å². The molecule has 17 heavy (non-hydrogen) atoms. The molecule has 0 heterocycles. The van der Waals surface area contributed by atoms with Gasteiger partial charge < -0.3 is 4.74 Å². The maximum Gasteiger partial charge on any atom is 0.330 e. The van der Waals surface area contributed by atoms with Crippen molar-refractivity contribution in [2.45, 2.75) is 26.3 Å². The third kappa shape index (κ3) is 2.50. The van der Waals surface area contributed by atoms with Gasteiger partial charge in [-0.1, -0.05) is 44.2 Å². The number of carbonyl (C=O) groups excluding carboxylic acids is 1. The minimum atomic E-state index is -0.709. The Balaban J connectivity index is 3.24. The molecule has 3 heteroatoms. The Morgan fingerprint density at radius 1 is 1.24 bits per heavy atom. The highest BCUT2D eigenvalue weighted by Gasteiger charge is 2.40. The number of nitrogens with zero attached hydrogens (tertiary/aromatic N) is 1. The van der Waals surface area contributed by atoms with Crippen LogP contribution in [-0.2, 0) is 15.1 Å². The third-order valence-electron chi connectivity index (χ3n) is 3.31. The van der Waals surface area contributed by atoms with E-state index in [0.29, 0.717) is 0 Å². The summed E-state index contributed by atoms with van der Waals surface area (Å²) >= 11 is 0. The molecule has 0 saturated heterocycles. The van der Waals surface area contributed by atoms with Crippen molar-refractivity contribution in [1.82, 2.24) is 4.90 Å². The van der Waals surface area contributed by atoms with Gasteiger partial charge in [-0.2, -0.15) is 0 Å². The number of likely N-dealkylation sites (N-methyl/N-ethyl adjacent to an activating group) is 1. The predicted molar refractivity (Wildman–Crippen MR) is 68.7 cm³/mol. The molecule has 0 bridgehead atoms. The second-order valence-electron chi connectivity index (χ2n) is 4.10. The summed E-state index contributed by atoms with van der Waals surface area (Å²) in [6.45, 7) is 7.62. The zero-order valence-electron chi connectivity index (χ0n) is 11.1. The number of hydrogen-bond acceptors (Lipinski definition) is 3. The van der Waals surface area contributed by atoms with Crippen LogP contribution in [0.1, 0.15) is 26.3 Å². The predicted octanol–water partition coefficient (Wildman–Crippen LogP) is 2.42. The molecule has 3 nitrogen and oxygen atoms in total. The monoisotopic (exact) mass is 235 g/mol. The molecule has 0 amide bonds. The molecular weight excluding hydrogens is 214 g/mol. The van der Waals surface area contributed by atoms with E-state index in [4.69, 9.17) is 4.74 Å². The summed E-state index contributed by atoms with van der Waals surface area (Å²) in [5.74, 6) is -0.215. The lowest BCUT2D eigenvalue weighted by atomic mass is 9.90. The summed E-state index contributed by atoms with van der Waals surface area (Å²) in [7, 11) is 1.44. The fourth-order valence-corrected chi connectivity index (χ4v) is 2.25. The van der Waals surface area contributed by atoms with Crippen LogP contribution in [0, 0.1) is 0 Å². The van der Waals surface area contributed by atoms with E-state index in [1.54, 1.807) is 0 Å². The smallest absolute Gasteiger partial charge is 0.330 e. The van der Waals surface area contributed by atoms with Crippen LogP contribution in [0.3, 0.4) is 0 Å². The highest BCUT2D eigenvalue weighted by Crippen LogP contribution is 2.29. The molecule has 0 radical (unpaired) electrons. The summed E-state index contributed by atoms with van der Waals surface area (Å²) in [6.07, 6.45) is 0. The van der Waals surface area contributed by atoms with Gasteiger partial charge in [0.2, 0.25) is 0 Å². The second-order valence-corrected chi connectivity index (χ2v) is 4.10. The Morgan fingerprint density at radius 3 is 2.18 bits per heavy atom. The number of benzene rings is 1. The van der Waals surface area contributed by atoms with Gasteiger partial charge >= 0.3 is 5.97 Å². The van der Waals surface area contributed by atoms with Crippen LogP contribution < -0.4 is 0 Å². The Kier molecular flexibility index (Phi) is 4.70. The first-order valence-corrected chi connectivity index (χ1v) is 6.00. The minimum Gasteiger partial charge on any atom is -0.467 e. The number of hydrogen-bond donors (Lipinski definition) is 0. The lowest BCUT2D eigenvalue weighted by molar-refractivity contribution is -0.155. The van der Waals surface area contributed by atoms with Crippen molar-refractivity contribution < 1.29 is 9.53 Å².